The highest BCUT2D eigenvalue weighted by molar-refractivity contribution is 6.02. The maximum atomic E-state index is 13.6. The molecule has 4 aromatic rings. The molecule has 0 unspecified atom stereocenters. The molecule has 8 nitrogen and oxygen atoms in total. The number of rotatable bonds is 7. The van der Waals surface area contributed by atoms with E-state index in [1.807, 2.05) is 47.1 Å². The Morgan fingerprint density at radius 1 is 0.946 bits per heavy atom. The Balaban J connectivity index is 1.31. The average molecular weight is 496 g/mol. The van der Waals surface area contributed by atoms with E-state index in [2.05, 4.69) is 26.2 Å². The van der Waals surface area contributed by atoms with Gasteiger partial charge in [0, 0.05) is 50.7 Å². The Morgan fingerprint density at radius 2 is 1.81 bits per heavy atom. The zero-order chi connectivity index (χ0) is 25.0. The van der Waals surface area contributed by atoms with Gasteiger partial charge in [-0.1, -0.05) is 42.8 Å². The lowest BCUT2D eigenvalue weighted by Gasteiger charge is -2.27. The van der Waals surface area contributed by atoms with E-state index in [-0.39, 0.29) is 5.91 Å². The smallest absolute Gasteiger partial charge is 0.255 e. The van der Waals surface area contributed by atoms with Crippen molar-refractivity contribution >= 4 is 11.6 Å². The van der Waals surface area contributed by atoms with Crippen LogP contribution in [0, 0.1) is 0 Å². The van der Waals surface area contributed by atoms with Crippen molar-refractivity contribution in [2.24, 2.45) is 0 Å². The van der Waals surface area contributed by atoms with Gasteiger partial charge in [0.1, 0.15) is 0 Å². The van der Waals surface area contributed by atoms with Crippen molar-refractivity contribution < 1.29 is 4.79 Å². The summed E-state index contributed by atoms with van der Waals surface area (Å²) in [6.45, 7) is 6.18. The van der Waals surface area contributed by atoms with E-state index >= 15 is 0 Å². The SMILES string of the molecule is O=C(NCCN1CCCCC1)c1c2c(n3ncc(-c4ccccc4)nc13)CN(Cc1cccnc1)CC2. The molecule has 37 heavy (non-hydrogen) atoms. The summed E-state index contributed by atoms with van der Waals surface area (Å²) in [6.07, 6.45) is 10.1. The number of hydrogen-bond donors (Lipinski definition) is 1. The fourth-order valence-electron chi connectivity index (χ4n) is 5.59. The number of carbonyl (C=O) groups is 1. The number of amides is 1. The number of nitrogens with one attached hydrogen (secondary N) is 1. The summed E-state index contributed by atoms with van der Waals surface area (Å²) in [5, 5.41) is 8.00. The molecular formula is C29H33N7O. The van der Waals surface area contributed by atoms with Crippen LogP contribution < -0.4 is 5.32 Å². The second-order valence-electron chi connectivity index (χ2n) is 10.0. The Kier molecular flexibility index (Phi) is 6.92. The molecule has 2 aliphatic heterocycles. The van der Waals surface area contributed by atoms with E-state index in [4.69, 9.17) is 10.1 Å². The Morgan fingerprint density at radius 3 is 2.62 bits per heavy atom. The van der Waals surface area contributed by atoms with Crippen LogP contribution in [0.4, 0.5) is 0 Å². The van der Waals surface area contributed by atoms with Crippen LogP contribution in [0.1, 0.15) is 46.4 Å². The lowest BCUT2D eigenvalue weighted by molar-refractivity contribution is 0.0946. The molecular weight excluding hydrogens is 462 g/mol. The number of aromatic nitrogens is 4. The Labute approximate surface area is 217 Å². The zero-order valence-electron chi connectivity index (χ0n) is 21.1. The van der Waals surface area contributed by atoms with E-state index < -0.39 is 0 Å². The van der Waals surface area contributed by atoms with Gasteiger partial charge in [-0.2, -0.15) is 5.10 Å². The number of piperidine rings is 1. The predicted molar refractivity (Wildman–Crippen MR) is 143 cm³/mol. The van der Waals surface area contributed by atoms with Crippen molar-refractivity contribution in [3.8, 4) is 11.3 Å². The number of carbonyl (C=O) groups excluding carboxylic acids is 1. The van der Waals surface area contributed by atoms with Gasteiger partial charge in [-0.3, -0.25) is 14.7 Å². The molecule has 0 bridgehead atoms. The second-order valence-corrected chi connectivity index (χ2v) is 10.0. The first-order valence-corrected chi connectivity index (χ1v) is 13.3. The van der Waals surface area contributed by atoms with Gasteiger partial charge in [0.15, 0.2) is 5.65 Å². The van der Waals surface area contributed by atoms with Gasteiger partial charge >= 0.3 is 0 Å². The third-order valence-electron chi connectivity index (χ3n) is 7.49. The Bertz CT molecular complexity index is 1360. The fraction of sp³-hybridized carbons (Fsp3) is 0.379. The van der Waals surface area contributed by atoms with Crippen LogP contribution in [-0.2, 0) is 19.5 Å². The number of hydrogen-bond acceptors (Lipinski definition) is 6. The molecule has 0 atom stereocenters. The first-order chi connectivity index (χ1) is 18.3. The van der Waals surface area contributed by atoms with Crippen molar-refractivity contribution in [1.29, 1.82) is 0 Å². The molecule has 0 aliphatic carbocycles. The highest BCUT2D eigenvalue weighted by atomic mass is 16.1. The third kappa shape index (κ3) is 5.12. The molecule has 5 heterocycles. The maximum Gasteiger partial charge on any atom is 0.255 e. The van der Waals surface area contributed by atoms with Gasteiger partial charge in [0.2, 0.25) is 0 Å². The molecule has 0 radical (unpaired) electrons. The highest BCUT2D eigenvalue weighted by Gasteiger charge is 2.30. The van der Waals surface area contributed by atoms with Crippen molar-refractivity contribution in [3.05, 3.63) is 83.4 Å². The summed E-state index contributed by atoms with van der Waals surface area (Å²) in [6, 6.07) is 14.1. The van der Waals surface area contributed by atoms with Gasteiger partial charge in [0.25, 0.3) is 5.91 Å². The molecule has 0 saturated carbocycles. The highest BCUT2D eigenvalue weighted by Crippen LogP contribution is 2.29. The number of fused-ring (bicyclic) bond motifs is 3. The van der Waals surface area contributed by atoms with Crippen molar-refractivity contribution in [2.45, 2.75) is 38.8 Å². The standard InChI is InChI=1S/C29H33N7O/c37-29(31-13-17-34-14-5-2-6-15-34)27-24-11-16-35(20-22-8-7-12-30-18-22)21-26(24)36-28(27)33-25(19-32-36)23-9-3-1-4-10-23/h1,3-4,7-10,12,18-19H,2,5-6,11,13-17,20-21H2,(H,31,37). The fourth-order valence-corrected chi connectivity index (χ4v) is 5.59. The molecule has 190 valence electrons. The molecule has 3 aromatic heterocycles. The van der Waals surface area contributed by atoms with Gasteiger partial charge in [-0.15, -0.1) is 0 Å². The van der Waals surface area contributed by atoms with Crippen molar-refractivity contribution in [3.63, 3.8) is 0 Å². The number of benzene rings is 1. The summed E-state index contributed by atoms with van der Waals surface area (Å²) in [7, 11) is 0. The molecule has 8 heteroatoms. The molecule has 1 fully saturated rings. The van der Waals surface area contributed by atoms with Crippen molar-refractivity contribution in [1.82, 2.24) is 34.7 Å². The van der Waals surface area contributed by atoms with Crippen LogP contribution in [0.15, 0.2) is 61.1 Å². The minimum absolute atomic E-state index is 0.0454. The van der Waals surface area contributed by atoms with Crippen LogP contribution in [0.5, 0.6) is 0 Å². The van der Waals surface area contributed by atoms with Crippen LogP contribution in [-0.4, -0.2) is 68.0 Å². The average Bonchev–Trinajstić information content (AvgIpc) is 3.28. The summed E-state index contributed by atoms with van der Waals surface area (Å²) in [5.41, 5.74) is 6.40. The summed E-state index contributed by atoms with van der Waals surface area (Å²) < 4.78 is 1.89. The minimum atomic E-state index is -0.0454. The molecule has 1 aromatic carbocycles. The summed E-state index contributed by atoms with van der Waals surface area (Å²) in [4.78, 5) is 27.7. The van der Waals surface area contributed by atoms with E-state index in [9.17, 15) is 4.79 Å². The van der Waals surface area contributed by atoms with E-state index in [0.717, 1.165) is 61.7 Å². The maximum absolute atomic E-state index is 13.6. The normalized spacial score (nSPS) is 16.5. The van der Waals surface area contributed by atoms with Crippen LogP contribution in [0.2, 0.25) is 0 Å². The van der Waals surface area contributed by atoms with E-state index in [1.165, 1.54) is 24.8 Å². The van der Waals surface area contributed by atoms with Gasteiger partial charge < -0.3 is 10.2 Å². The lowest BCUT2D eigenvalue weighted by atomic mass is 10.0. The van der Waals surface area contributed by atoms with Crippen LogP contribution >= 0.6 is 0 Å². The molecule has 0 spiro atoms. The van der Waals surface area contributed by atoms with E-state index in [1.54, 1.807) is 12.4 Å². The van der Waals surface area contributed by atoms with Crippen molar-refractivity contribution in [2.75, 3.05) is 32.7 Å². The second kappa shape index (κ2) is 10.8. The predicted octanol–water partition coefficient (Wildman–Crippen LogP) is 3.57. The molecule has 1 N–H and O–H groups in total. The Hall–Kier alpha value is -3.62. The first-order valence-electron chi connectivity index (χ1n) is 13.3. The topological polar surface area (TPSA) is 78.7 Å². The van der Waals surface area contributed by atoms with Gasteiger partial charge in [0.05, 0.1) is 23.1 Å². The monoisotopic (exact) mass is 495 g/mol. The molecule has 1 amide bonds. The minimum Gasteiger partial charge on any atom is -0.351 e. The summed E-state index contributed by atoms with van der Waals surface area (Å²) >= 11 is 0. The van der Waals surface area contributed by atoms with Crippen LogP contribution in [0.25, 0.3) is 16.9 Å². The van der Waals surface area contributed by atoms with Gasteiger partial charge in [-0.05, 0) is 49.5 Å². The van der Waals surface area contributed by atoms with E-state index in [0.29, 0.717) is 24.3 Å². The number of nitrogens with zero attached hydrogens (tertiary/aromatic N) is 6. The lowest BCUT2D eigenvalue weighted by Crippen LogP contribution is -2.38. The number of pyridine rings is 1. The first kappa shape index (κ1) is 23.8. The number of likely N-dealkylation sites (tertiary alicyclic amines) is 1. The van der Waals surface area contributed by atoms with Crippen LogP contribution in [0.3, 0.4) is 0 Å². The largest absolute Gasteiger partial charge is 0.351 e. The third-order valence-corrected chi connectivity index (χ3v) is 7.49. The van der Waals surface area contributed by atoms with Gasteiger partial charge in [-0.25, -0.2) is 9.50 Å². The summed E-state index contributed by atoms with van der Waals surface area (Å²) in [5.74, 6) is -0.0454. The molecule has 2 aliphatic rings. The quantitative estimate of drug-likeness (QED) is 0.422. The zero-order valence-corrected chi connectivity index (χ0v) is 21.1. The molecule has 1 saturated heterocycles. The molecule has 6 rings (SSSR count).